The van der Waals surface area contributed by atoms with Crippen LogP contribution in [0.1, 0.15) is 84.9 Å². The van der Waals surface area contributed by atoms with Gasteiger partial charge in [-0.1, -0.05) is 165 Å². The summed E-state index contributed by atoms with van der Waals surface area (Å²) in [6, 6.07) is 52.0. The number of hydrogen-bond acceptors (Lipinski definition) is 5. The molecule has 2 aliphatic heterocycles. The van der Waals surface area contributed by atoms with E-state index in [9.17, 15) is 10.5 Å². The maximum Gasteiger partial charge on any atom is 0.437 e. The van der Waals surface area contributed by atoms with Gasteiger partial charge in [0.2, 0.25) is 0 Å². The van der Waals surface area contributed by atoms with Crippen LogP contribution in [0.2, 0.25) is 0 Å². The monoisotopic (exact) mass is 964 g/mol. The molecular weight excluding hydrogens is 914 g/mol. The van der Waals surface area contributed by atoms with Crippen molar-refractivity contribution in [3.8, 4) is 29.0 Å². The van der Waals surface area contributed by atoms with Gasteiger partial charge >= 0.3 is 11.9 Å². The zero-order chi connectivity index (χ0) is 51.1. The number of halogens is 3. The van der Waals surface area contributed by atoms with Crippen LogP contribution in [0.25, 0.3) is 22.0 Å². The Bertz CT molecular complexity index is 3430. The molecule has 2 atom stereocenters. The molecule has 2 unspecified atom stereocenters. The Labute approximate surface area is 425 Å². The van der Waals surface area contributed by atoms with Crippen molar-refractivity contribution in [2.45, 2.75) is 82.2 Å². The number of alkyl halides is 3. The van der Waals surface area contributed by atoms with Crippen LogP contribution in [0, 0.1) is 36.2 Å². The predicted octanol–water partition coefficient (Wildman–Crippen LogP) is 15.8. The molecule has 6 aromatic carbocycles. The van der Waals surface area contributed by atoms with E-state index in [1.807, 2.05) is 66.7 Å². The highest BCUT2D eigenvalue weighted by molar-refractivity contribution is 5.82. The van der Waals surface area contributed by atoms with Gasteiger partial charge in [-0.2, -0.15) is 18.4 Å². The van der Waals surface area contributed by atoms with Crippen LogP contribution < -0.4 is 9.64 Å². The lowest BCUT2D eigenvalue weighted by Gasteiger charge is -2.48. The topological polar surface area (TPSA) is 73.6 Å². The smallest absolute Gasteiger partial charge is 0.437 e. The summed E-state index contributed by atoms with van der Waals surface area (Å²) in [5.74, 6) is 0.718. The van der Waals surface area contributed by atoms with Gasteiger partial charge in [-0.25, -0.2) is 10.1 Å². The van der Waals surface area contributed by atoms with Crippen LogP contribution in [0.4, 0.5) is 18.9 Å². The maximum absolute atomic E-state index is 15.9. The summed E-state index contributed by atoms with van der Waals surface area (Å²) < 4.78 is 60.4. The van der Waals surface area contributed by atoms with Crippen molar-refractivity contribution in [1.82, 2.24) is 0 Å². The van der Waals surface area contributed by atoms with Gasteiger partial charge in [0.05, 0.1) is 18.2 Å². The molecule has 6 nitrogen and oxygen atoms in total. The summed E-state index contributed by atoms with van der Waals surface area (Å²) in [6.45, 7) is 17.5. The summed E-state index contributed by atoms with van der Waals surface area (Å²) in [6.07, 6.45) is 5.61. The molecule has 6 aromatic rings. The van der Waals surface area contributed by atoms with Crippen LogP contribution in [0.5, 0.6) is 5.75 Å². The van der Waals surface area contributed by atoms with E-state index in [2.05, 4.69) is 110 Å². The van der Waals surface area contributed by atoms with Crippen molar-refractivity contribution in [1.29, 1.82) is 10.5 Å². The normalized spacial score (nSPS) is 20.8. The number of nitrogens with zero attached hydrogens (tertiary/aromatic N) is 4. The molecule has 0 saturated carbocycles. The Morgan fingerprint density at radius 3 is 2.05 bits per heavy atom. The zero-order valence-electron chi connectivity index (χ0n) is 41.0. The fourth-order valence-corrected chi connectivity index (χ4v) is 11.7. The van der Waals surface area contributed by atoms with E-state index in [1.54, 1.807) is 18.2 Å². The van der Waals surface area contributed by atoms with Crippen molar-refractivity contribution >= 4 is 11.8 Å². The largest absolute Gasteiger partial charge is 0.477 e. The Hall–Kier alpha value is -8.58. The molecule has 0 N–H and O–H groups in total. The Morgan fingerprint density at radius 2 is 1.44 bits per heavy atom. The van der Waals surface area contributed by atoms with Gasteiger partial charge in [0, 0.05) is 34.3 Å². The lowest BCUT2D eigenvalue weighted by Crippen LogP contribution is -2.47. The highest BCUT2D eigenvalue weighted by atomic mass is 19.4. The first-order chi connectivity index (χ1) is 35.2. The number of hydrogen-bond donors (Lipinski definition) is 0. The molecule has 0 radical (unpaired) electrons. The fourth-order valence-electron chi connectivity index (χ4n) is 11.7. The summed E-state index contributed by atoms with van der Waals surface area (Å²) in [5.41, 5.74) is 5.96. The number of fused-ring (bicyclic) bond motifs is 6. The molecule has 0 aromatic heterocycles. The highest BCUT2D eigenvalue weighted by Gasteiger charge is 2.65. The van der Waals surface area contributed by atoms with Crippen molar-refractivity contribution < 1.29 is 22.6 Å². The second kappa shape index (κ2) is 18.9. The fraction of sp³-hybridized carbons (Fsp3) is 0.203. The Balaban J connectivity index is 1.17. The first-order valence-electron chi connectivity index (χ1n) is 24.4. The van der Waals surface area contributed by atoms with Crippen LogP contribution in [0.3, 0.4) is 0 Å². The lowest BCUT2D eigenvalue weighted by molar-refractivity contribution is -0.249. The molecule has 0 bridgehead atoms. The average molecular weight is 965 g/mol. The quantitative estimate of drug-likeness (QED) is 0.107. The summed E-state index contributed by atoms with van der Waals surface area (Å²) in [4.78, 5) is 5.70. The third-order valence-electron chi connectivity index (χ3n) is 14.9. The molecule has 10 rings (SSSR count). The van der Waals surface area contributed by atoms with Gasteiger partial charge in [0.25, 0.3) is 5.60 Å². The molecule has 4 aliphatic rings. The molecule has 2 heterocycles. The van der Waals surface area contributed by atoms with E-state index < -0.39 is 39.8 Å². The number of benzene rings is 6. The molecule has 0 amide bonds. The van der Waals surface area contributed by atoms with Crippen LogP contribution in [0.15, 0.2) is 215 Å². The van der Waals surface area contributed by atoms with E-state index in [0.29, 0.717) is 35.8 Å². The zero-order valence-corrected chi connectivity index (χ0v) is 41.0. The molecule has 1 spiro atoms. The molecule has 360 valence electrons. The van der Waals surface area contributed by atoms with Gasteiger partial charge in [0.15, 0.2) is 5.76 Å². The molecule has 73 heavy (non-hydrogen) atoms. The minimum atomic E-state index is -5.14. The summed E-state index contributed by atoms with van der Waals surface area (Å²) in [7, 11) is 0. The van der Waals surface area contributed by atoms with E-state index in [-0.39, 0.29) is 11.1 Å². The number of allylic oxidation sites excluding steroid dienone is 7. The second-order valence-corrected chi connectivity index (χ2v) is 19.9. The number of nitriles is 2. The Kier molecular flexibility index (Phi) is 12.4. The van der Waals surface area contributed by atoms with E-state index >= 15 is 13.2 Å². The van der Waals surface area contributed by atoms with Crippen molar-refractivity contribution in [3.05, 3.63) is 266 Å². The number of aryl methyl sites for hydroxylation is 1. The second-order valence-electron chi connectivity index (χ2n) is 19.9. The van der Waals surface area contributed by atoms with Gasteiger partial charge in [0.1, 0.15) is 17.6 Å². The van der Waals surface area contributed by atoms with Gasteiger partial charge in [-0.05, 0) is 126 Å². The molecule has 0 fully saturated rings. The third kappa shape index (κ3) is 8.34. The third-order valence-corrected chi connectivity index (χ3v) is 14.9. The first kappa shape index (κ1) is 48.1. The first-order valence-corrected chi connectivity index (χ1v) is 24.4. The summed E-state index contributed by atoms with van der Waals surface area (Å²) >= 11 is 0. The van der Waals surface area contributed by atoms with E-state index in [0.717, 1.165) is 51.9 Å². The van der Waals surface area contributed by atoms with Crippen LogP contribution >= 0.6 is 0 Å². The van der Waals surface area contributed by atoms with Gasteiger partial charge in [-0.15, -0.1) is 0 Å². The van der Waals surface area contributed by atoms with E-state index in [1.165, 1.54) is 53.2 Å². The van der Waals surface area contributed by atoms with Crippen molar-refractivity contribution in [3.63, 3.8) is 0 Å². The van der Waals surface area contributed by atoms with Crippen molar-refractivity contribution in [2.24, 2.45) is 0 Å². The average Bonchev–Trinajstić information content (AvgIpc) is 3.87. The molecule has 0 saturated heterocycles. The molecule has 9 heteroatoms. The SMILES string of the molecule is [C-]#[N+]/C(C#N)=C1\OC(c2ccccc2)(C(F)(F)F)C(/C=C/C=C2\CC3(CC(/C=C/c4cc5c(cc4C)N(Cc4ccccc4)C(C)(C)CC5C)=C2Oc2ccccc2)c2ccccc2-c2ccccc23)=C1C#N. The molecular formula is C64H51F3N4O2. The number of rotatable bonds is 9. The highest BCUT2D eigenvalue weighted by Crippen LogP contribution is 2.59. The Morgan fingerprint density at radius 1 is 0.822 bits per heavy atom. The van der Waals surface area contributed by atoms with Crippen LogP contribution in [-0.4, -0.2) is 11.7 Å². The standard InChI is InChI=1S/C64H51F3N4O2/c1-42-34-58-52(43(2)36-61(3,4)71(58)41-44-20-9-6-10-21-44)35-45(42)32-33-47-38-62(54-29-17-15-27-50(54)51-28-16-18-30-55(51)62)37-46(59(47)72-49-25-13-8-14-26-49)22-19-31-56-53(39-68)60(57(40-69)70-5)73-63(56,64(65,66)67)48-23-11-7-12-24-48/h6-35,43H,36-38,41H2,1-4H3/b31-19+,33-32+,46-22+,60-57-. The van der Waals surface area contributed by atoms with Gasteiger partial charge in [-0.3, -0.25) is 0 Å². The minimum Gasteiger partial charge on any atom is -0.477 e. The number of para-hydroxylation sites is 1. The van der Waals surface area contributed by atoms with Crippen LogP contribution in [-0.2, 0) is 22.3 Å². The van der Waals surface area contributed by atoms with Gasteiger partial charge < -0.3 is 14.4 Å². The minimum absolute atomic E-state index is 0.0778. The number of ether oxygens (including phenoxy) is 2. The van der Waals surface area contributed by atoms with Crippen molar-refractivity contribution in [2.75, 3.05) is 4.90 Å². The lowest BCUT2D eigenvalue weighted by atomic mass is 9.65. The predicted molar refractivity (Wildman–Crippen MR) is 280 cm³/mol. The summed E-state index contributed by atoms with van der Waals surface area (Å²) in [5, 5.41) is 20.5. The number of anilines is 1. The maximum atomic E-state index is 15.9. The molecule has 2 aliphatic carbocycles. The van der Waals surface area contributed by atoms with E-state index in [4.69, 9.17) is 16.0 Å².